The SMILES string of the molecule is CCCCCCCCc1c2ccccc2nc2ccc(N)cc12. The normalized spacial score (nSPS) is 11.3. The maximum atomic E-state index is 6.02. The molecule has 0 bridgehead atoms. The first-order chi connectivity index (χ1) is 11.3. The number of rotatable bonds is 7. The van der Waals surface area contributed by atoms with Crippen LogP contribution in [0.2, 0.25) is 0 Å². The number of hydrogen-bond donors (Lipinski definition) is 1. The molecule has 2 aromatic carbocycles. The molecule has 0 unspecified atom stereocenters. The van der Waals surface area contributed by atoms with Gasteiger partial charge in [-0.1, -0.05) is 57.2 Å². The molecule has 2 N–H and O–H groups in total. The van der Waals surface area contributed by atoms with Gasteiger partial charge in [-0.3, -0.25) is 0 Å². The number of aryl methyl sites for hydroxylation is 1. The van der Waals surface area contributed by atoms with Crippen molar-refractivity contribution in [2.45, 2.75) is 51.9 Å². The van der Waals surface area contributed by atoms with E-state index in [1.54, 1.807) is 0 Å². The maximum Gasteiger partial charge on any atom is 0.0714 e. The standard InChI is InChI=1S/C21H26N2/c1-2-3-4-5-6-7-10-17-18-11-8-9-12-20(18)23-21-14-13-16(22)15-19(17)21/h8-9,11-15H,2-7,10,22H2,1H3. The highest BCUT2D eigenvalue weighted by Crippen LogP contribution is 2.29. The summed E-state index contributed by atoms with van der Waals surface area (Å²) in [6.45, 7) is 2.26. The third-order valence-electron chi connectivity index (χ3n) is 4.60. The number of anilines is 1. The number of fused-ring (bicyclic) bond motifs is 2. The topological polar surface area (TPSA) is 38.9 Å². The molecule has 1 aromatic heterocycles. The summed E-state index contributed by atoms with van der Waals surface area (Å²) in [4.78, 5) is 4.79. The lowest BCUT2D eigenvalue weighted by atomic mass is 9.97. The number of aromatic nitrogens is 1. The number of benzene rings is 2. The van der Waals surface area contributed by atoms with Crippen molar-refractivity contribution >= 4 is 27.5 Å². The van der Waals surface area contributed by atoms with Crippen LogP contribution in [0, 0.1) is 0 Å². The molecule has 0 aliphatic carbocycles. The molecule has 0 atom stereocenters. The number of nitrogen functional groups attached to an aromatic ring is 1. The highest BCUT2D eigenvalue weighted by Gasteiger charge is 2.09. The molecular formula is C21H26N2. The second kappa shape index (κ2) is 7.45. The van der Waals surface area contributed by atoms with E-state index in [1.807, 2.05) is 12.1 Å². The molecule has 0 saturated heterocycles. The minimum absolute atomic E-state index is 0.818. The Labute approximate surface area is 138 Å². The van der Waals surface area contributed by atoms with Gasteiger partial charge in [-0.2, -0.15) is 0 Å². The van der Waals surface area contributed by atoms with Gasteiger partial charge >= 0.3 is 0 Å². The molecule has 0 spiro atoms. The lowest BCUT2D eigenvalue weighted by Gasteiger charge is -2.11. The van der Waals surface area contributed by atoms with Crippen LogP contribution in [0.15, 0.2) is 42.5 Å². The smallest absolute Gasteiger partial charge is 0.0714 e. The highest BCUT2D eigenvalue weighted by molar-refractivity contribution is 5.98. The van der Waals surface area contributed by atoms with Crippen LogP contribution in [0.1, 0.15) is 51.0 Å². The van der Waals surface area contributed by atoms with Crippen molar-refractivity contribution in [2.75, 3.05) is 5.73 Å². The van der Waals surface area contributed by atoms with Crippen molar-refractivity contribution in [3.05, 3.63) is 48.0 Å². The Morgan fingerprint density at radius 1 is 0.826 bits per heavy atom. The number of hydrogen-bond acceptors (Lipinski definition) is 2. The molecule has 3 rings (SSSR count). The summed E-state index contributed by atoms with van der Waals surface area (Å²) in [7, 11) is 0. The molecule has 0 fully saturated rings. The Morgan fingerprint density at radius 2 is 1.57 bits per heavy atom. The first kappa shape index (κ1) is 15.8. The molecule has 23 heavy (non-hydrogen) atoms. The Kier molecular flexibility index (Phi) is 5.12. The summed E-state index contributed by atoms with van der Waals surface area (Å²) in [5.74, 6) is 0. The maximum absolute atomic E-state index is 6.02. The van der Waals surface area contributed by atoms with Crippen molar-refractivity contribution in [1.82, 2.24) is 4.98 Å². The van der Waals surface area contributed by atoms with Crippen LogP contribution in [0.5, 0.6) is 0 Å². The van der Waals surface area contributed by atoms with Crippen LogP contribution >= 0.6 is 0 Å². The van der Waals surface area contributed by atoms with Gasteiger partial charge in [0.05, 0.1) is 11.0 Å². The molecular weight excluding hydrogens is 280 g/mol. The van der Waals surface area contributed by atoms with Gasteiger partial charge in [-0.05, 0) is 42.7 Å². The predicted molar refractivity (Wildman–Crippen MR) is 101 cm³/mol. The minimum Gasteiger partial charge on any atom is -0.399 e. The van der Waals surface area contributed by atoms with E-state index in [1.165, 1.54) is 54.9 Å². The number of unbranched alkanes of at least 4 members (excludes halogenated alkanes) is 5. The molecule has 1 heterocycles. The highest BCUT2D eigenvalue weighted by atomic mass is 14.7. The summed E-state index contributed by atoms with van der Waals surface area (Å²) >= 11 is 0. The number of nitrogens with two attached hydrogens (primary N) is 1. The van der Waals surface area contributed by atoms with Crippen molar-refractivity contribution in [3.63, 3.8) is 0 Å². The van der Waals surface area contributed by atoms with E-state index in [9.17, 15) is 0 Å². The second-order valence-electron chi connectivity index (χ2n) is 6.40. The van der Waals surface area contributed by atoms with E-state index in [-0.39, 0.29) is 0 Å². The van der Waals surface area contributed by atoms with Crippen LogP contribution < -0.4 is 5.73 Å². The molecule has 3 aromatic rings. The zero-order chi connectivity index (χ0) is 16.1. The largest absolute Gasteiger partial charge is 0.399 e. The van der Waals surface area contributed by atoms with E-state index in [0.29, 0.717) is 0 Å². The molecule has 0 amide bonds. The van der Waals surface area contributed by atoms with Gasteiger partial charge in [-0.25, -0.2) is 4.98 Å². The molecule has 0 saturated carbocycles. The average Bonchev–Trinajstić information content (AvgIpc) is 2.57. The predicted octanol–water partition coefficient (Wildman–Crippen LogP) is 5.87. The molecule has 0 aliphatic heterocycles. The van der Waals surface area contributed by atoms with E-state index >= 15 is 0 Å². The fourth-order valence-electron chi connectivity index (χ4n) is 3.35. The summed E-state index contributed by atoms with van der Waals surface area (Å²) in [6, 6.07) is 14.5. The zero-order valence-corrected chi connectivity index (χ0v) is 14.0. The third kappa shape index (κ3) is 3.64. The monoisotopic (exact) mass is 306 g/mol. The van der Waals surface area contributed by atoms with Crippen LogP contribution in [-0.2, 0) is 6.42 Å². The van der Waals surface area contributed by atoms with Crippen molar-refractivity contribution in [3.8, 4) is 0 Å². The Morgan fingerprint density at radius 3 is 2.43 bits per heavy atom. The third-order valence-corrected chi connectivity index (χ3v) is 4.60. The van der Waals surface area contributed by atoms with Crippen LogP contribution in [0.4, 0.5) is 5.69 Å². The van der Waals surface area contributed by atoms with Gasteiger partial charge in [0.25, 0.3) is 0 Å². The fourth-order valence-corrected chi connectivity index (χ4v) is 3.35. The number of para-hydroxylation sites is 1. The van der Waals surface area contributed by atoms with Crippen molar-refractivity contribution in [1.29, 1.82) is 0 Å². The van der Waals surface area contributed by atoms with Gasteiger partial charge in [0.1, 0.15) is 0 Å². The molecule has 0 aliphatic rings. The average molecular weight is 306 g/mol. The van der Waals surface area contributed by atoms with E-state index in [4.69, 9.17) is 10.7 Å². The molecule has 0 radical (unpaired) electrons. The molecule has 120 valence electrons. The zero-order valence-electron chi connectivity index (χ0n) is 14.0. The van der Waals surface area contributed by atoms with Crippen molar-refractivity contribution < 1.29 is 0 Å². The first-order valence-electron chi connectivity index (χ1n) is 8.86. The minimum atomic E-state index is 0.818. The van der Waals surface area contributed by atoms with Crippen molar-refractivity contribution in [2.24, 2.45) is 0 Å². The summed E-state index contributed by atoms with van der Waals surface area (Å²) in [5.41, 5.74) is 10.4. The summed E-state index contributed by atoms with van der Waals surface area (Å²) < 4.78 is 0. The van der Waals surface area contributed by atoms with Crippen LogP contribution in [-0.4, -0.2) is 4.98 Å². The Balaban J connectivity index is 1.89. The summed E-state index contributed by atoms with van der Waals surface area (Å²) in [5, 5.41) is 2.50. The fraction of sp³-hybridized carbons (Fsp3) is 0.381. The Bertz CT molecular complexity index is 792. The lowest BCUT2D eigenvalue weighted by molar-refractivity contribution is 0.609. The Hall–Kier alpha value is -2.09. The van der Waals surface area contributed by atoms with Gasteiger partial charge in [0.15, 0.2) is 0 Å². The van der Waals surface area contributed by atoms with Crippen LogP contribution in [0.3, 0.4) is 0 Å². The number of pyridine rings is 1. The molecule has 2 nitrogen and oxygen atoms in total. The van der Waals surface area contributed by atoms with E-state index in [0.717, 1.165) is 23.1 Å². The molecule has 2 heteroatoms. The van der Waals surface area contributed by atoms with Gasteiger partial charge < -0.3 is 5.73 Å². The van der Waals surface area contributed by atoms with Gasteiger partial charge in [0, 0.05) is 16.5 Å². The van der Waals surface area contributed by atoms with Gasteiger partial charge in [-0.15, -0.1) is 0 Å². The lowest BCUT2D eigenvalue weighted by Crippen LogP contribution is -1.95. The first-order valence-corrected chi connectivity index (χ1v) is 8.86. The second-order valence-corrected chi connectivity index (χ2v) is 6.40. The number of nitrogens with zero attached hydrogens (tertiary/aromatic N) is 1. The van der Waals surface area contributed by atoms with Crippen LogP contribution in [0.25, 0.3) is 21.8 Å². The quantitative estimate of drug-likeness (QED) is 0.336. The van der Waals surface area contributed by atoms with Gasteiger partial charge in [0.2, 0.25) is 0 Å². The summed E-state index contributed by atoms with van der Waals surface area (Å²) in [6.07, 6.45) is 9.02. The van der Waals surface area contributed by atoms with E-state index < -0.39 is 0 Å². The van der Waals surface area contributed by atoms with E-state index in [2.05, 4.69) is 37.3 Å².